The molecule has 1 aliphatic heterocycles. The van der Waals surface area contributed by atoms with Crippen LogP contribution < -0.4 is 19.6 Å². The predicted octanol–water partition coefficient (Wildman–Crippen LogP) is 2.52. The molecule has 2 aromatic rings. The molecule has 27 heavy (non-hydrogen) atoms. The van der Waals surface area contributed by atoms with Gasteiger partial charge in [0.2, 0.25) is 6.10 Å². The van der Waals surface area contributed by atoms with Crippen LogP contribution in [0, 0.1) is 0 Å². The van der Waals surface area contributed by atoms with Crippen LogP contribution in [0.4, 0.5) is 0 Å². The normalized spacial score (nSPS) is 16.0. The molecule has 1 aliphatic rings. The molecule has 0 saturated heterocycles. The summed E-state index contributed by atoms with van der Waals surface area (Å²) < 4.78 is 21.7. The van der Waals surface area contributed by atoms with Gasteiger partial charge in [0.25, 0.3) is 5.91 Å². The number of carbonyl (C=O) groups is 1. The minimum Gasteiger partial charge on any atom is -0.496 e. The lowest BCUT2D eigenvalue weighted by Crippen LogP contribution is -2.42. The molecule has 7 nitrogen and oxygen atoms in total. The Labute approximate surface area is 157 Å². The fourth-order valence-electron chi connectivity index (χ4n) is 2.70. The van der Waals surface area contributed by atoms with Crippen molar-refractivity contribution in [3.8, 4) is 17.2 Å². The molecular formula is C20H22N2O5. The van der Waals surface area contributed by atoms with E-state index >= 15 is 0 Å². The highest BCUT2D eigenvalue weighted by molar-refractivity contribution is 5.99. The summed E-state index contributed by atoms with van der Waals surface area (Å²) in [6.45, 7) is 2.37. The number of rotatable bonds is 6. The third kappa shape index (κ3) is 4.38. The first-order valence-corrected chi connectivity index (χ1v) is 8.51. The molecule has 0 bridgehead atoms. The maximum Gasteiger partial charge on any atom is 0.284 e. The smallest absolute Gasteiger partial charge is 0.284 e. The third-order valence-electron chi connectivity index (χ3n) is 4.13. The summed E-state index contributed by atoms with van der Waals surface area (Å²) in [4.78, 5) is 12.4. The van der Waals surface area contributed by atoms with Gasteiger partial charge in [-0.1, -0.05) is 12.1 Å². The van der Waals surface area contributed by atoms with Crippen molar-refractivity contribution >= 4 is 11.6 Å². The van der Waals surface area contributed by atoms with E-state index in [1.807, 2.05) is 37.3 Å². The van der Waals surface area contributed by atoms with Crippen LogP contribution in [0.3, 0.4) is 0 Å². The third-order valence-corrected chi connectivity index (χ3v) is 4.13. The number of nitrogens with zero attached hydrogens (tertiary/aromatic N) is 1. The van der Waals surface area contributed by atoms with Crippen LogP contribution in [0.5, 0.6) is 17.2 Å². The van der Waals surface area contributed by atoms with Gasteiger partial charge < -0.3 is 18.9 Å². The number of carbonyl (C=O) groups excluding carboxylic acids is 1. The van der Waals surface area contributed by atoms with E-state index < -0.39 is 6.10 Å². The Morgan fingerprint density at radius 3 is 2.74 bits per heavy atom. The van der Waals surface area contributed by atoms with E-state index in [4.69, 9.17) is 18.9 Å². The van der Waals surface area contributed by atoms with Gasteiger partial charge in [0, 0.05) is 12.7 Å². The quantitative estimate of drug-likeness (QED) is 0.624. The Balaban J connectivity index is 1.67. The van der Waals surface area contributed by atoms with Crippen molar-refractivity contribution in [1.29, 1.82) is 0 Å². The largest absolute Gasteiger partial charge is 0.496 e. The molecule has 7 heteroatoms. The second-order valence-corrected chi connectivity index (χ2v) is 6.00. The van der Waals surface area contributed by atoms with Gasteiger partial charge in [0.15, 0.2) is 11.5 Å². The van der Waals surface area contributed by atoms with E-state index in [0.717, 1.165) is 16.9 Å². The van der Waals surface area contributed by atoms with E-state index in [1.54, 1.807) is 26.4 Å². The van der Waals surface area contributed by atoms with Crippen molar-refractivity contribution in [3.63, 3.8) is 0 Å². The molecule has 1 amide bonds. The van der Waals surface area contributed by atoms with Crippen molar-refractivity contribution < 1.29 is 23.7 Å². The van der Waals surface area contributed by atoms with Crippen LogP contribution in [0.25, 0.3) is 0 Å². The number of para-hydroxylation sites is 2. The number of hydrazone groups is 1. The van der Waals surface area contributed by atoms with Crippen LogP contribution in [0.1, 0.15) is 18.1 Å². The Hall–Kier alpha value is -3.06. The summed E-state index contributed by atoms with van der Waals surface area (Å²) in [6, 6.07) is 12.9. The average molecular weight is 370 g/mol. The lowest BCUT2D eigenvalue weighted by Gasteiger charge is -2.24. The van der Waals surface area contributed by atoms with Gasteiger partial charge in [-0.15, -0.1) is 0 Å². The summed E-state index contributed by atoms with van der Waals surface area (Å²) >= 11 is 0. The fourth-order valence-corrected chi connectivity index (χ4v) is 2.70. The lowest BCUT2D eigenvalue weighted by atomic mass is 10.1. The van der Waals surface area contributed by atoms with Crippen molar-refractivity contribution in [1.82, 2.24) is 5.43 Å². The molecule has 0 spiro atoms. The van der Waals surface area contributed by atoms with Gasteiger partial charge in [0.05, 0.1) is 19.4 Å². The SMILES string of the molecule is COCc1cc(/C(C)=N\NC(=O)[C@H]2COc3ccccc3O2)ccc1OC. The summed E-state index contributed by atoms with van der Waals surface area (Å²) in [7, 11) is 3.23. The number of hydrogen-bond donors (Lipinski definition) is 1. The summed E-state index contributed by atoms with van der Waals surface area (Å²) in [5, 5.41) is 4.18. The van der Waals surface area contributed by atoms with Crippen molar-refractivity contribution in [3.05, 3.63) is 53.6 Å². The molecule has 0 aliphatic carbocycles. The monoisotopic (exact) mass is 370 g/mol. The van der Waals surface area contributed by atoms with Gasteiger partial charge >= 0.3 is 0 Å². The number of methoxy groups -OCH3 is 2. The molecule has 3 rings (SSSR count). The summed E-state index contributed by atoms with van der Waals surface area (Å²) in [5.74, 6) is 1.55. The molecular weight excluding hydrogens is 348 g/mol. The van der Waals surface area contributed by atoms with Gasteiger partial charge in [-0.2, -0.15) is 5.10 Å². The lowest BCUT2D eigenvalue weighted by molar-refractivity contribution is -0.130. The molecule has 0 saturated carbocycles. The van der Waals surface area contributed by atoms with Gasteiger partial charge in [-0.25, -0.2) is 5.43 Å². The molecule has 0 fully saturated rings. The topological polar surface area (TPSA) is 78.4 Å². The van der Waals surface area contributed by atoms with E-state index in [2.05, 4.69) is 10.5 Å². The highest BCUT2D eigenvalue weighted by atomic mass is 16.6. The van der Waals surface area contributed by atoms with Crippen LogP contribution in [-0.4, -0.2) is 38.5 Å². The second kappa shape index (κ2) is 8.55. The van der Waals surface area contributed by atoms with Crippen molar-refractivity contribution in [2.75, 3.05) is 20.8 Å². The Morgan fingerprint density at radius 2 is 2.00 bits per heavy atom. The van der Waals surface area contributed by atoms with E-state index in [0.29, 0.717) is 23.8 Å². The average Bonchev–Trinajstić information content (AvgIpc) is 2.71. The molecule has 1 N–H and O–H groups in total. The van der Waals surface area contributed by atoms with Gasteiger partial charge in [-0.05, 0) is 42.8 Å². The Morgan fingerprint density at radius 1 is 1.22 bits per heavy atom. The summed E-state index contributed by atoms with van der Waals surface area (Å²) in [5.41, 5.74) is 4.95. The molecule has 142 valence electrons. The van der Waals surface area contributed by atoms with E-state index in [1.165, 1.54) is 0 Å². The zero-order valence-electron chi connectivity index (χ0n) is 15.5. The zero-order chi connectivity index (χ0) is 19.2. The molecule has 1 heterocycles. The van der Waals surface area contributed by atoms with Crippen LogP contribution in [0.15, 0.2) is 47.6 Å². The molecule has 0 unspecified atom stereocenters. The van der Waals surface area contributed by atoms with E-state index in [-0.39, 0.29) is 12.5 Å². The number of nitrogens with one attached hydrogen (secondary N) is 1. The zero-order valence-corrected chi connectivity index (χ0v) is 15.5. The first-order valence-electron chi connectivity index (χ1n) is 8.51. The Bertz CT molecular complexity index is 850. The van der Waals surface area contributed by atoms with E-state index in [9.17, 15) is 4.79 Å². The number of benzene rings is 2. The number of hydrogen-bond acceptors (Lipinski definition) is 6. The van der Waals surface area contributed by atoms with Crippen LogP contribution >= 0.6 is 0 Å². The fraction of sp³-hybridized carbons (Fsp3) is 0.300. The maximum atomic E-state index is 12.4. The first kappa shape index (κ1) is 18.7. The number of ether oxygens (including phenoxy) is 4. The highest BCUT2D eigenvalue weighted by Crippen LogP contribution is 2.30. The number of fused-ring (bicyclic) bond motifs is 1. The van der Waals surface area contributed by atoms with Gasteiger partial charge in [-0.3, -0.25) is 4.79 Å². The van der Waals surface area contributed by atoms with Crippen molar-refractivity contribution in [2.45, 2.75) is 19.6 Å². The molecule has 0 radical (unpaired) electrons. The van der Waals surface area contributed by atoms with Crippen LogP contribution in [-0.2, 0) is 16.1 Å². The van der Waals surface area contributed by atoms with Crippen molar-refractivity contribution in [2.24, 2.45) is 5.10 Å². The Kier molecular flexibility index (Phi) is 5.93. The molecule has 1 atom stereocenters. The standard InChI is InChI=1S/C20H22N2O5/c1-13(14-8-9-16(25-3)15(10-14)11-24-2)21-22-20(23)19-12-26-17-6-4-5-7-18(17)27-19/h4-10,19H,11-12H2,1-3H3,(H,22,23)/b21-13-/t19-/m1/s1. The second-order valence-electron chi connectivity index (χ2n) is 6.00. The molecule has 2 aromatic carbocycles. The molecule has 0 aromatic heterocycles. The van der Waals surface area contributed by atoms with Gasteiger partial charge in [0.1, 0.15) is 12.4 Å². The minimum atomic E-state index is -0.753. The predicted molar refractivity (Wildman–Crippen MR) is 100 cm³/mol. The minimum absolute atomic E-state index is 0.137. The first-order chi connectivity index (χ1) is 13.1. The van der Waals surface area contributed by atoms with Crippen LogP contribution in [0.2, 0.25) is 0 Å². The number of amides is 1. The summed E-state index contributed by atoms with van der Waals surface area (Å²) in [6.07, 6.45) is -0.753. The maximum absolute atomic E-state index is 12.4. The highest BCUT2D eigenvalue weighted by Gasteiger charge is 2.27.